The predicted molar refractivity (Wildman–Crippen MR) is 151 cm³/mol. The number of hydrogen-bond acceptors (Lipinski definition) is 9. The molecule has 1 aromatic carbocycles. The van der Waals surface area contributed by atoms with Crippen molar-refractivity contribution in [1.29, 1.82) is 0 Å². The monoisotopic (exact) mass is 629 g/mol. The summed E-state index contributed by atoms with van der Waals surface area (Å²) in [6.07, 6.45) is -2.18. The Hall–Kier alpha value is -3.40. The molecule has 3 aromatic rings. The molecular weight excluding hydrogens is 602 g/mol. The third-order valence-electron chi connectivity index (χ3n) is 6.47. The fourth-order valence-corrected chi connectivity index (χ4v) is 5.01. The molecule has 1 amide bonds. The van der Waals surface area contributed by atoms with Gasteiger partial charge in [0.2, 0.25) is 5.91 Å². The van der Waals surface area contributed by atoms with Crippen LogP contribution in [0.25, 0.3) is 11.3 Å². The number of sulfone groups is 1. The van der Waals surface area contributed by atoms with Gasteiger partial charge in [-0.25, -0.2) is 17.8 Å². The van der Waals surface area contributed by atoms with Crippen LogP contribution in [0.4, 0.5) is 34.8 Å². The maximum atomic E-state index is 14.3. The van der Waals surface area contributed by atoms with E-state index >= 15 is 0 Å². The summed E-state index contributed by atoms with van der Waals surface area (Å²) in [5, 5.41) is 12.3. The largest absolute Gasteiger partial charge is 0.437 e. The van der Waals surface area contributed by atoms with Gasteiger partial charge in [-0.05, 0) is 30.3 Å². The molecule has 42 heavy (non-hydrogen) atoms. The van der Waals surface area contributed by atoms with Gasteiger partial charge < -0.3 is 15.5 Å². The molecule has 4 rings (SSSR count). The molecule has 0 unspecified atom stereocenters. The number of anilines is 3. The van der Waals surface area contributed by atoms with Crippen LogP contribution in [-0.2, 0) is 20.8 Å². The normalized spacial score (nSPS) is 15.0. The first-order chi connectivity index (χ1) is 19.8. The van der Waals surface area contributed by atoms with Crippen molar-refractivity contribution in [3.05, 3.63) is 59.1 Å². The van der Waals surface area contributed by atoms with Crippen LogP contribution in [0, 0.1) is 5.82 Å². The molecule has 1 saturated heterocycles. The van der Waals surface area contributed by atoms with Gasteiger partial charge >= 0.3 is 6.18 Å². The zero-order chi connectivity index (χ0) is 30.5. The van der Waals surface area contributed by atoms with E-state index in [-0.39, 0.29) is 45.9 Å². The third-order valence-corrected chi connectivity index (χ3v) is 7.63. The molecule has 0 atom stereocenters. The van der Waals surface area contributed by atoms with E-state index < -0.39 is 33.2 Å². The van der Waals surface area contributed by atoms with Crippen LogP contribution in [-0.4, -0.2) is 90.6 Å². The van der Waals surface area contributed by atoms with Gasteiger partial charge in [0.15, 0.2) is 5.69 Å². The van der Waals surface area contributed by atoms with E-state index in [1.165, 1.54) is 36.7 Å². The Kier molecular flexibility index (Phi) is 9.97. The molecule has 1 fully saturated rings. The Balaban J connectivity index is 1.38. The summed E-state index contributed by atoms with van der Waals surface area (Å²) in [5.41, 5.74) is -1.91. The Morgan fingerprint density at radius 1 is 1.02 bits per heavy atom. The van der Waals surface area contributed by atoms with E-state index in [0.29, 0.717) is 39.3 Å². The Morgan fingerprint density at radius 2 is 1.71 bits per heavy atom. The quantitative estimate of drug-likeness (QED) is 0.320. The molecular formula is C26H28ClF4N7O3S. The Morgan fingerprint density at radius 3 is 2.38 bits per heavy atom. The molecule has 0 bridgehead atoms. The van der Waals surface area contributed by atoms with Gasteiger partial charge in [0.05, 0.1) is 17.1 Å². The fraction of sp³-hybridized carbons (Fsp3) is 0.385. The third kappa shape index (κ3) is 9.05. The van der Waals surface area contributed by atoms with Crippen LogP contribution < -0.4 is 10.6 Å². The van der Waals surface area contributed by atoms with Gasteiger partial charge in [0, 0.05) is 80.5 Å². The minimum atomic E-state index is -4.86. The fourth-order valence-electron chi connectivity index (χ4n) is 4.25. The topological polar surface area (TPSA) is 120 Å². The second-order valence-electron chi connectivity index (χ2n) is 9.78. The van der Waals surface area contributed by atoms with E-state index in [1.807, 2.05) is 0 Å². The number of aromatic nitrogens is 3. The summed E-state index contributed by atoms with van der Waals surface area (Å²) in [6.45, 7) is 3.73. The van der Waals surface area contributed by atoms with E-state index in [0.717, 1.165) is 12.1 Å². The number of piperazine rings is 1. The number of nitrogens with zero attached hydrogens (tertiary/aromatic N) is 5. The number of amides is 1. The Bertz CT molecular complexity index is 1530. The van der Waals surface area contributed by atoms with Gasteiger partial charge in [0.1, 0.15) is 21.5 Å². The van der Waals surface area contributed by atoms with Crippen molar-refractivity contribution < 1.29 is 30.8 Å². The van der Waals surface area contributed by atoms with Crippen molar-refractivity contribution in [2.75, 3.05) is 61.9 Å². The molecule has 2 aromatic heterocycles. The SMILES string of the molecule is CS(=O)(=O)CCN1CCN(CCC(=O)Nc2cc(Nc3cc(-c4cc(Cl)ccc4F)nnc3C(F)(F)F)ccn2)CC1. The lowest BCUT2D eigenvalue weighted by molar-refractivity contribution is -0.141. The van der Waals surface area contributed by atoms with Gasteiger partial charge in [-0.2, -0.15) is 13.2 Å². The number of alkyl halides is 3. The van der Waals surface area contributed by atoms with Crippen molar-refractivity contribution in [1.82, 2.24) is 25.0 Å². The smallest absolute Gasteiger partial charge is 0.353 e. The zero-order valence-corrected chi connectivity index (χ0v) is 24.0. The number of halogens is 5. The van der Waals surface area contributed by atoms with Crippen molar-refractivity contribution in [2.24, 2.45) is 0 Å². The molecule has 0 radical (unpaired) electrons. The van der Waals surface area contributed by atoms with Crippen LogP contribution in [0.5, 0.6) is 0 Å². The van der Waals surface area contributed by atoms with Crippen LogP contribution in [0.2, 0.25) is 5.02 Å². The summed E-state index contributed by atoms with van der Waals surface area (Å²) in [7, 11) is -3.03. The highest BCUT2D eigenvalue weighted by Gasteiger charge is 2.37. The van der Waals surface area contributed by atoms with Gasteiger partial charge in [0.25, 0.3) is 0 Å². The number of benzene rings is 1. The molecule has 0 saturated carbocycles. The molecule has 2 N–H and O–H groups in total. The molecule has 1 aliphatic heterocycles. The van der Waals surface area contributed by atoms with E-state index in [2.05, 4.69) is 35.6 Å². The van der Waals surface area contributed by atoms with E-state index in [9.17, 15) is 30.8 Å². The summed E-state index contributed by atoms with van der Waals surface area (Å²) in [6, 6.07) is 7.39. The first-order valence-electron chi connectivity index (χ1n) is 12.8. The predicted octanol–water partition coefficient (Wildman–Crippen LogP) is 4.08. The van der Waals surface area contributed by atoms with Crippen molar-refractivity contribution >= 4 is 44.5 Å². The lowest BCUT2D eigenvalue weighted by atomic mass is 10.1. The molecule has 0 spiro atoms. The number of carbonyl (C=O) groups excluding carboxylic acids is 1. The van der Waals surface area contributed by atoms with Crippen molar-refractivity contribution in [3.63, 3.8) is 0 Å². The van der Waals surface area contributed by atoms with Crippen LogP contribution in [0.15, 0.2) is 42.6 Å². The molecule has 10 nitrogen and oxygen atoms in total. The second-order valence-corrected chi connectivity index (χ2v) is 12.5. The van der Waals surface area contributed by atoms with E-state index in [1.54, 1.807) is 0 Å². The zero-order valence-electron chi connectivity index (χ0n) is 22.5. The highest BCUT2D eigenvalue weighted by Crippen LogP contribution is 2.36. The molecule has 16 heteroatoms. The highest BCUT2D eigenvalue weighted by molar-refractivity contribution is 7.90. The van der Waals surface area contributed by atoms with Gasteiger partial charge in [-0.15, -0.1) is 10.2 Å². The van der Waals surface area contributed by atoms with Crippen LogP contribution in [0.1, 0.15) is 12.1 Å². The average Bonchev–Trinajstić information content (AvgIpc) is 2.92. The molecule has 1 aliphatic rings. The minimum Gasteiger partial charge on any atom is -0.353 e. The number of pyridine rings is 1. The highest BCUT2D eigenvalue weighted by atomic mass is 35.5. The lowest BCUT2D eigenvalue weighted by Gasteiger charge is -2.34. The average molecular weight is 630 g/mol. The van der Waals surface area contributed by atoms with Gasteiger partial charge in [-0.1, -0.05) is 11.6 Å². The number of hydrogen-bond donors (Lipinski definition) is 2. The first-order valence-corrected chi connectivity index (χ1v) is 15.3. The first kappa shape index (κ1) is 31.5. The minimum absolute atomic E-state index is 0.104. The summed E-state index contributed by atoms with van der Waals surface area (Å²) < 4.78 is 78.1. The lowest BCUT2D eigenvalue weighted by Crippen LogP contribution is -2.48. The summed E-state index contributed by atoms with van der Waals surface area (Å²) in [5.74, 6) is -0.846. The van der Waals surface area contributed by atoms with Gasteiger partial charge in [-0.3, -0.25) is 9.69 Å². The summed E-state index contributed by atoms with van der Waals surface area (Å²) >= 11 is 5.92. The molecule has 0 aliphatic carbocycles. The molecule has 226 valence electrons. The number of rotatable bonds is 10. The number of carbonyl (C=O) groups is 1. The van der Waals surface area contributed by atoms with E-state index in [4.69, 9.17) is 11.6 Å². The maximum absolute atomic E-state index is 14.3. The van der Waals surface area contributed by atoms with Crippen LogP contribution in [0.3, 0.4) is 0 Å². The van der Waals surface area contributed by atoms with Crippen LogP contribution >= 0.6 is 11.6 Å². The Labute approximate surface area is 245 Å². The van der Waals surface area contributed by atoms with Crippen molar-refractivity contribution in [2.45, 2.75) is 12.6 Å². The summed E-state index contributed by atoms with van der Waals surface area (Å²) in [4.78, 5) is 20.8. The second kappa shape index (κ2) is 13.3. The number of nitrogens with one attached hydrogen (secondary N) is 2. The maximum Gasteiger partial charge on any atom is 0.437 e. The molecule has 3 heterocycles. The standard InChI is InChI=1S/C26H28ClF4N7O3S/c1-42(40,41)13-12-38-10-8-37(9-11-38)7-5-24(39)34-23-15-18(4-6-32-23)33-22-16-21(35-36-25(22)26(29,30)31)19-14-17(27)2-3-20(19)28/h2-4,6,14-16H,5,7-13H2,1H3,(H2,32,33,34,35,39). The van der Waals surface area contributed by atoms with Crippen molar-refractivity contribution in [3.8, 4) is 11.3 Å².